The van der Waals surface area contributed by atoms with Crippen LogP contribution in [0, 0.1) is 6.92 Å². The van der Waals surface area contributed by atoms with E-state index in [4.69, 9.17) is 0 Å². The van der Waals surface area contributed by atoms with E-state index in [9.17, 15) is 5.11 Å². The van der Waals surface area contributed by atoms with E-state index >= 15 is 0 Å². The van der Waals surface area contributed by atoms with Gasteiger partial charge in [-0.3, -0.25) is 0 Å². The lowest BCUT2D eigenvalue weighted by atomic mass is 10.0. The van der Waals surface area contributed by atoms with Crippen LogP contribution in [0.1, 0.15) is 36.1 Å². The molecule has 0 aromatic heterocycles. The molecular weight excluding hydrogens is 394 g/mol. The van der Waals surface area contributed by atoms with Gasteiger partial charge in [0.05, 0.1) is 8.95 Å². The summed E-state index contributed by atoms with van der Waals surface area (Å²) in [5, 5.41) is 13.3. The molecule has 0 spiro atoms. The predicted octanol–water partition coefficient (Wildman–Crippen LogP) is 5.47. The van der Waals surface area contributed by atoms with Gasteiger partial charge in [0.15, 0.2) is 0 Å². The fraction of sp³-hybridized carbons (Fsp3) is 0.294. The lowest BCUT2D eigenvalue weighted by Crippen LogP contribution is -2.20. The molecule has 0 fully saturated rings. The van der Waals surface area contributed by atoms with E-state index in [1.54, 1.807) is 0 Å². The molecule has 0 aliphatic rings. The molecule has 0 radical (unpaired) electrons. The highest BCUT2D eigenvalue weighted by Crippen LogP contribution is 2.33. The molecule has 2 N–H and O–H groups in total. The number of halogens is 2. The summed E-state index contributed by atoms with van der Waals surface area (Å²) < 4.78 is 1.41. The first-order valence-electron chi connectivity index (χ1n) is 6.98. The Morgan fingerprint density at radius 3 is 2.19 bits per heavy atom. The topological polar surface area (TPSA) is 32.3 Å². The van der Waals surface area contributed by atoms with Crippen molar-refractivity contribution in [3.63, 3.8) is 0 Å². The van der Waals surface area contributed by atoms with E-state index in [0.29, 0.717) is 15.0 Å². The molecule has 2 rings (SSSR count). The smallest absolute Gasteiger partial charge is 0.143 e. The number of nitrogens with one attached hydrogen (secondary N) is 1. The van der Waals surface area contributed by atoms with Gasteiger partial charge in [0.1, 0.15) is 5.75 Å². The van der Waals surface area contributed by atoms with Gasteiger partial charge in [0.25, 0.3) is 0 Å². The monoisotopic (exact) mass is 411 g/mol. The van der Waals surface area contributed by atoms with Crippen molar-refractivity contribution in [1.82, 2.24) is 5.32 Å². The third-order valence-corrected chi connectivity index (χ3v) is 4.73. The van der Waals surface area contributed by atoms with Gasteiger partial charge in [-0.2, -0.15) is 0 Å². The van der Waals surface area contributed by atoms with Crippen LogP contribution >= 0.6 is 31.9 Å². The van der Waals surface area contributed by atoms with Crippen molar-refractivity contribution in [2.24, 2.45) is 0 Å². The molecular formula is C17H19Br2NO. The average molecular weight is 413 g/mol. The predicted molar refractivity (Wildman–Crippen MR) is 94.6 cm³/mol. The van der Waals surface area contributed by atoms with Crippen LogP contribution in [0.2, 0.25) is 0 Å². The van der Waals surface area contributed by atoms with Crippen molar-refractivity contribution in [2.45, 2.75) is 32.9 Å². The fourth-order valence-corrected chi connectivity index (χ4v) is 3.54. The summed E-state index contributed by atoms with van der Waals surface area (Å²) in [5.74, 6) is 0.240. The van der Waals surface area contributed by atoms with Crippen LogP contribution < -0.4 is 5.32 Å². The van der Waals surface area contributed by atoms with Crippen LogP contribution in [-0.4, -0.2) is 5.11 Å². The van der Waals surface area contributed by atoms with Crippen LogP contribution in [0.4, 0.5) is 0 Å². The molecule has 0 aliphatic heterocycles. The Morgan fingerprint density at radius 1 is 1.10 bits per heavy atom. The second kappa shape index (κ2) is 7.43. The largest absolute Gasteiger partial charge is 0.506 e. The normalized spacial score (nSPS) is 12.4. The first-order valence-corrected chi connectivity index (χ1v) is 8.56. The summed E-state index contributed by atoms with van der Waals surface area (Å²) in [7, 11) is 0. The Bertz CT molecular complexity index is 588. The van der Waals surface area contributed by atoms with Gasteiger partial charge < -0.3 is 10.4 Å². The van der Waals surface area contributed by atoms with E-state index in [0.717, 1.165) is 18.5 Å². The third kappa shape index (κ3) is 4.31. The second-order valence-corrected chi connectivity index (χ2v) is 6.87. The molecule has 4 heteroatoms. The van der Waals surface area contributed by atoms with Crippen LogP contribution in [0.3, 0.4) is 0 Å². The molecule has 2 aromatic carbocycles. The van der Waals surface area contributed by atoms with Gasteiger partial charge in [-0.05, 0) is 68.5 Å². The summed E-state index contributed by atoms with van der Waals surface area (Å²) >= 11 is 6.73. The Hall–Kier alpha value is -0.840. The van der Waals surface area contributed by atoms with Crippen molar-refractivity contribution in [3.05, 3.63) is 62.0 Å². The minimum absolute atomic E-state index is 0.240. The van der Waals surface area contributed by atoms with Crippen molar-refractivity contribution in [1.29, 1.82) is 0 Å². The van der Waals surface area contributed by atoms with E-state index in [-0.39, 0.29) is 5.75 Å². The van der Waals surface area contributed by atoms with Gasteiger partial charge >= 0.3 is 0 Å². The Balaban J connectivity index is 2.08. The molecule has 0 amide bonds. The average Bonchev–Trinajstić information content (AvgIpc) is 2.47. The molecule has 2 nitrogen and oxygen atoms in total. The maximum atomic E-state index is 9.74. The Labute approximate surface area is 142 Å². The molecule has 112 valence electrons. The standard InChI is InChI=1S/C17H19Br2NO/c1-3-16(13-6-4-11(2)5-7-13)20-10-12-8-14(18)17(21)15(19)9-12/h4-9,16,20-21H,3,10H2,1-2H3. The highest BCUT2D eigenvalue weighted by Gasteiger charge is 2.10. The molecule has 1 unspecified atom stereocenters. The number of phenols is 1. The molecule has 21 heavy (non-hydrogen) atoms. The number of benzene rings is 2. The van der Waals surface area contributed by atoms with E-state index in [1.807, 2.05) is 12.1 Å². The molecule has 0 saturated heterocycles. The zero-order valence-electron chi connectivity index (χ0n) is 12.2. The molecule has 2 aromatic rings. The van der Waals surface area contributed by atoms with Crippen LogP contribution in [0.25, 0.3) is 0 Å². The zero-order chi connectivity index (χ0) is 15.4. The van der Waals surface area contributed by atoms with Gasteiger partial charge in [-0.1, -0.05) is 36.8 Å². The molecule has 0 saturated carbocycles. The Morgan fingerprint density at radius 2 is 1.67 bits per heavy atom. The zero-order valence-corrected chi connectivity index (χ0v) is 15.3. The number of phenolic OH excluding ortho intramolecular Hbond substituents is 1. The summed E-state index contributed by atoms with van der Waals surface area (Å²) in [5.41, 5.74) is 3.71. The van der Waals surface area contributed by atoms with Gasteiger partial charge in [-0.25, -0.2) is 0 Å². The summed E-state index contributed by atoms with van der Waals surface area (Å²) in [6, 6.07) is 12.9. The van der Waals surface area contributed by atoms with Gasteiger partial charge in [-0.15, -0.1) is 0 Å². The lowest BCUT2D eigenvalue weighted by Gasteiger charge is -2.18. The summed E-state index contributed by atoms with van der Waals surface area (Å²) in [6.07, 6.45) is 1.03. The number of hydrogen-bond acceptors (Lipinski definition) is 2. The first-order chi connectivity index (χ1) is 10.0. The van der Waals surface area contributed by atoms with Crippen molar-refractivity contribution < 1.29 is 5.11 Å². The third-order valence-electron chi connectivity index (χ3n) is 3.52. The molecule has 0 bridgehead atoms. The van der Waals surface area contributed by atoms with Gasteiger partial charge in [0.2, 0.25) is 0 Å². The molecule has 0 aliphatic carbocycles. The number of rotatable bonds is 5. The van der Waals surface area contributed by atoms with Crippen molar-refractivity contribution >= 4 is 31.9 Å². The van der Waals surface area contributed by atoms with E-state index in [1.165, 1.54) is 11.1 Å². The van der Waals surface area contributed by atoms with Crippen LogP contribution in [0.5, 0.6) is 5.75 Å². The van der Waals surface area contributed by atoms with Crippen LogP contribution in [0.15, 0.2) is 45.3 Å². The molecule has 0 heterocycles. The molecule has 1 atom stereocenters. The number of aromatic hydroxyl groups is 1. The minimum Gasteiger partial charge on any atom is -0.506 e. The van der Waals surface area contributed by atoms with Crippen molar-refractivity contribution in [3.8, 4) is 5.75 Å². The summed E-state index contributed by atoms with van der Waals surface area (Å²) in [4.78, 5) is 0. The summed E-state index contributed by atoms with van der Waals surface area (Å²) in [6.45, 7) is 5.04. The lowest BCUT2D eigenvalue weighted by molar-refractivity contribution is 0.467. The van der Waals surface area contributed by atoms with Gasteiger partial charge in [0, 0.05) is 12.6 Å². The van der Waals surface area contributed by atoms with Crippen molar-refractivity contribution in [2.75, 3.05) is 0 Å². The second-order valence-electron chi connectivity index (χ2n) is 5.16. The highest BCUT2D eigenvalue weighted by atomic mass is 79.9. The first kappa shape index (κ1) is 16.5. The highest BCUT2D eigenvalue weighted by molar-refractivity contribution is 9.11. The minimum atomic E-state index is 0.240. The maximum absolute atomic E-state index is 9.74. The quantitative estimate of drug-likeness (QED) is 0.682. The van der Waals surface area contributed by atoms with E-state index in [2.05, 4.69) is 75.3 Å². The van der Waals surface area contributed by atoms with Crippen LogP contribution in [-0.2, 0) is 6.54 Å². The Kier molecular flexibility index (Phi) is 5.85. The SMILES string of the molecule is CCC(NCc1cc(Br)c(O)c(Br)c1)c1ccc(C)cc1. The number of hydrogen-bond donors (Lipinski definition) is 2. The van der Waals surface area contributed by atoms with E-state index < -0.39 is 0 Å². The number of aryl methyl sites for hydroxylation is 1. The maximum Gasteiger partial charge on any atom is 0.143 e. The fourth-order valence-electron chi connectivity index (χ4n) is 2.26.